The Bertz CT molecular complexity index is 1920. The van der Waals surface area contributed by atoms with Gasteiger partial charge in [0, 0.05) is 16.5 Å². The molecule has 178 valence electrons. The highest BCUT2D eigenvalue weighted by Gasteiger charge is 2.23. The monoisotopic (exact) mass is 519 g/mol. The van der Waals surface area contributed by atoms with Gasteiger partial charge in [0.1, 0.15) is 17.5 Å². The number of benzene rings is 2. The van der Waals surface area contributed by atoms with Gasteiger partial charge in [0.25, 0.3) is 15.6 Å². The molecule has 0 aliphatic carbocycles. The fourth-order valence-corrected chi connectivity index (χ4v) is 5.17. The molecular weight excluding hydrogens is 506 g/mol. The maximum absolute atomic E-state index is 12.9. The third-order valence-corrected chi connectivity index (χ3v) is 7.13. The van der Waals surface area contributed by atoms with E-state index in [1.165, 1.54) is 12.3 Å². The van der Waals surface area contributed by atoms with Crippen LogP contribution in [0, 0.1) is 0 Å². The fraction of sp³-hybridized carbons (Fsp3) is 0. The van der Waals surface area contributed by atoms with Gasteiger partial charge in [-0.25, -0.2) is 18.4 Å². The van der Waals surface area contributed by atoms with Gasteiger partial charge in [-0.3, -0.25) is 14.6 Å². The van der Waals surface area contributed by atoms with Crippen molar-refractivity contribution in [1.82, 2.24) is 30.3 Å². The molecule has 4 heterocycles. The smallest absolute Gasteiger partial charge is 0.270 e. The number of hydrogen-bond donors (Lipinski definition) is 3. The second-order valence-corrected chi connectivity index (χ2v) is 9.85. The van der Waals surface area contributed by atoms with Crippen molar-refractivity contribution in [3.05, 3.63) is 82.6 Å². The minimum Gasteiger partial charge on any atom is -0.362 e. The Morgan fingerprint density at radius 3 is 2.56 bits per heavy atom. The van der Waals surface area contributed by atoms with E-state index in [-0.39, 0.29) is 16.9 Å². The van der Waals surface area contributed by atoms with Gasteiger partial charge in [0.2, 0.25) is 0 Å². The summed E-state index contributed by atoms with van der Waals surface area (Å²) in [6.45, 7) is 0. The van der Waals surface area contributed by atoms with E-state index >= 15 is 0 Å². The lowest BCUT2D eigenvalue weighted by atomic mass is 10.0. The zero-order valence-corrected chi connectivity index (χ0v) is 19.6. The summed E-state index contributed by atoms with van der Waals surface area (Å²) in [6, 6.07) is 14.0. The van der Waals surface area contributed by atoms with Crippen molar-refractivity contribution in [2.24, 2.45) is 0 Å². The molecule has 6 rings (SSSR count). The van der Waals surface area contributed by atoms with Crippen LogP contribution in [0.5, 0.6) is 0 Å². The molecule has 0 bridgehead atoms. The van der Waals surface area contributed by atoms with E-state index < -0.39 is 20.5 Å². The molecule has 0 atom stereocenters. The molecule has 0 saturated heterocycles. The topological polar surface area (TPSA) is 160 Å². The van der Waals surface area contributed by atoms with Crippen molar-refractivity contribution < 1.29 is 12.9 Å². The maximum Gasteiger partial charge on any atom is 0.270 e. The minimum absolute atomic E-state index is 0.0729. The molecule has 0 aliphatic heterocycles. The van der Waals surface area contributed by atoms with Crippen molar-refractivity contribution in [3.63, 3.8) is 0 Å². The van der Waals surface area contributed by atoms with Crippen LogP contribution in [0.1, 0.15) is 0 Å². The lowest BCUT2D eigenvalue weighted by Crippen LogP contribution is -2.23. The normalized spacial score (nSPS) is 11.8. The molecule has 2 aromatic carbocycles. The largest absolute Gasteiger partial charge is 0.362 e. The van der Waals surface area contributed by atoms with Crippen LogP contribution in [0.2, 0.25) is 5.02 Å². The third kappa shape index (κ3) is 3.78. The first kappa shape index (κ1) is 21.9. The Labute approximate surface area is 207 Å². The summed E-state index contributed by atoms with van der Waals surface area (Å²) < 4.78 is 32.7. The molecule has 4 aromatic heterocycles. The van der Waals surface area contributed by atoms with E-state index in [0.717, 1.165) is 17.2 Å². The first-order valence-electron chi connectivity index (χ1n) is 10.4. The van der Waals surface area contributed by atoms with E-state index in [0.29, 0.717) is 27.5 Å². The van der Waals surface area contributed by atoms with E-state index in [2.05, 4.69) is 34.6 Å². The summed E-state index contributed by atoms with van der Waals surface area (Å²) >= 11 is 6.48. The summed E-state index contributed by atoms with van der Waals surface area (Å²) in [7, 11) is -4.27. The molecule has 0 amide bonds. The molecule has 36 heavy (non-hydrogen) atoms. The molecule has 11 nitrogen and oxygen atoms in total. The second-order valence-electron chi connectivity index (χ2n) is 7.79. The Morgan fingerprint density at radius 1 is 0.972 bits per heavy atom. The molecular formula is C23H14ClN7O4S. The van der Waals surface area contributed by atoms with Crippen LogP contribution < -0.4 is 10.3 Å². The van der Waals surface area contributed by atoms with E-state index in [4.69, 9.17) is 16.6 Å². The number of nitrogens with one attached hydrogen (secondary N) is 3. The number of H-pyrrole nitrogens is 2. The standard InChI is InChI=1S/C23H14ClN7O4S/c24-16-7-13(6-14-9-25-30-19(14)16)21-20(12-4-2-1-3-5-12)28-22-17(27-21)8-18(23(32)29-22)36(33,34)31-15-10-26-35-11-15/h1-11,31H,(H,25,30)(H,28,29,32). The van der Waals surface area contributed by atoms with Crippen molar-refractivity contribution in [2.75, 3.05) is 4.72 Å². The Morgan fingerprint density at radius 2 is 1.78 bits per heavy atom. The zero-order chi connectivity index (χ0) is 24.9. The third-order valence-electron chi connectivity index (χ3n) is 5.44. The van der Waals surface area contributed by atoms with Gasteiger partial charge in [-0.15, -0.1) is 0 Å². The van der Waals surface area contributed by atoms with Gasteiger partial charge in [0.05, 0.1) is 34.3 Å². The van der Waals surface area contributed by atoms with Crippen LogP contribution in [-0.4, -0.2) is 38.7 Å². The molecule has 6 aromatic rings. The van der Waals surface area contributed by atoms with Gasteiger partial charge in [-0.2, -0.15) is 5.10 Å². The van der Waals surface area contributed by atoms with Gasteiger partial charge in [0.15, 0.2) is 10.5 Å². The lowest BCUT2D eigenvalue weighted by Gasteiger charge is -2.12. The Hall–Kier alpha value is -4.55. The van der Waals surface area contributed by atoms with Crippen molar-refractivity contribution in [3.8, 4) is 22.5 Å². The van der Waals surface area contributed by atoms with Gasteiger partial charge in [-0.1, -0.05) is 47.1 Å². The molecule has 3 N–H and O–H groups in total. The van der Waals surface area contributed by atoms with Gasteiger partial charge >= 0.3 is 0 Å². The van der Waals surface area contributed by atoms with Crippen LogP contribution in [-0.2, 0) is 10.0 Å². The van der Waals surface area contributed by atoms with Crippen LogP contribution >= 0.6 is 11.6 Å². The molecule has 0 unspecified atom stereocenters. The average Bonchev–Trinajstić information content (AvgIpc) is 3.55. The average molecular weight is 520 g/mol. The second kappa shape index (κ2) is 8.29. The summed E-state index contributed by atoms with van der Waals surface area (Å²) in [4.78, 5) is 24.1. The zero-order valence-electron chi connectivity index (χ0n) is 18.1. The summed E-state index contributed by atoms with van der Waals surface area (Å²) in [5.41, 5.74) is 2.50. The number of sulfonamides is 1. The van der Waals surface area contributed by atoms with Crippen molar-refractivity contribution in [2.45, 2.75) is 4.90 Å². The van der Waals surface area contributed by atoms with Crippen LogP contribution in [0.4, 0.5) is 5.69 Å². The van der Waals surface area contributed by atoms with E-state index in [1.54, 1.807) is 12.3 Å². The highest BCUT2D eigenvalue weighted by Crippen LogP contribution is 2.34. The maximum atomic E-state index is 12.9. The number of aromatic nitrogens is 6. The predicted molar refractivity (Wildman–Crippen MR) is 133 cm³/mol. The van der Waals surface area contributed by atoms with Crippen LogP contribution in [0.25, 0.3) is 44.6 Å². The Balaban J connectivity index is 1.59. The Kier molecular flexibility index (Phi) is 5.05. The first-order valence-corrected chi connectivity index (χ1v) is 12.3. The van der Waals surface area contributed by atoms with Crippen LogP contribution in [0.3, 0.4) is 0 Å². The van der Waals surface area contributed by atoms with Crippen molar-refractivity contribution in [1.29, 1.82) is 0 Å². The number of hydrogen-bond acceptors (Lipinski definition) is 8. The lowest BCUT2D eigenvalue weighted by molar-refractivity contribution is 0.420. The van der Waals surface area contributed by atoms with Crippen LogP contribution in [0.15, 0.2) is 81.4 Å². The number of halogens is 1. The highest BCUT2D eigenvalue weighted by molar-refractivity contribution is 7.92. The minimum atomic E-state index is -4.27. The summed E-state index contributed by atoms with van der Waals surface area (Å²) in [5.74, 6) is 0. The number of fused-ring (bicyclic) bond motifs is 2. The molecule has 0 spiro atoms. The number of aromatic amines is 2. The summed E-state index contributed by atoms with van der Waals surface area (Å²) in [6.07, 6.45) is 3.92. The van der Waals surface area contributed by atoms with Gasteiger partial charge < -0.3 is 9.51 Å². The van der Waals surface area contributed by atoms with Crippen molar-refractivity contribution >= 4 is 49.4 Å². The first-order chi connectivity index (χ1) is 17.4. The number of anilines is 1. The summed E-state index contributed by atoms with van der Waals surface area (Å²) in [5, 5.41) is 11.5. The fourth-order valence-electron chi connectivity index (χ4n) is 3.81. The predicted octanol–water partition coefficient (Wildman–Crippen LogP) is 3.97. The molecule has 0 fully saturated rings. The SMILES string of the molecule is O=c1[nH]c2nc(-c3ccccc3)c(-c3cc(Cl)c4[nH]ncc4c3)nc2cc1S(=O)(=O)Nc1cnoc1. The number of rotatable bonds is 5. The van der Waals surface area contributed by atoms with E-state index in [9.17, 15) is 13.2 Å². The molecule has 13 heteroatoms. The highest BCUT2D eigenvalue weighted by atomic mass is 35.5. The molecule has 0 aliphatic rings. The number of nitrogens with zero attached hydrogens (tertiary/aromatic N) is 4. The number of pyridine rings is 1. The van der Waals surface area contributed by atoms with Gasteiger partial charge in [-0.05, 0) is 18.2 Å². The quantitative estimate of drug-likeness (QED) is 0.308. The molecule has 0 radical (unpaired) electrons. The molecule has 0 saturated carbocycles. The van der Waals surface area contributed by atoms with E-state index in [1.807, 2.05) is 36.4 Å².